The molecule has 0 amide bonds. The summed E-state index contributed by atoms with van der Waals surface area (Å²) >= 11 is 0. The zero-order valence-electron chi connectivity index (χ0n) is 17.8. The first-order chi connectivity index (χ1) is 15.3. The molecule has 3 aromatic carbocycles. The van der Waals surface area contributed by atoms with E-state index in [0.717, 1.165) is 64.0 Å². The van der Waals surface area contributed by atoms with Gasteiger partial charge in [0.25, 0.3) is 0 Å². The van der Waals surface area contributed by atoms with Gasteiger partial charge < -0.3 is 14.0 Å². The monoisotopic (exact) mass is 411 g/mol. The lowest BCUT2D eigenvalue weighted by Gasteiger charge is -2.09. The Balaban J connectivity index is 1.60. The van der Waals surface area contributed by atoms with Crippen LogP contribution in [0.1, 0.15) is 25.3 Å². The highest BCUT2D eigenvalue weighted by molar-refractivity contribution is 6.07. The lowest BCUT2D eigenvalue weighted by Crippen LogP contribution is -2.02. The Kier molecular flexibility index (Phi) is 5.16. The molecule has 0 radical (unpaired) electrons. The topological polar surface area (TPSA) is 49.2 Å². The van der Waals surface area contributed by atoms with Gasteiger partial charge in [-0.2, -0.15) is 0 Å². The van der Waals surface area contributed by atoms with Crippen LogP contribution in [0.2, 0.25) is 0 Å². The number of para-hydroxylation sites is 2. The molecule has 2 heterocycles. The van der Waals surface area contributed by atoms with E-state index >= 15 is 0 Å². The van der Waals surface area contributed by atoms with Crippen molar-refractivity contribution in [3.05, 3.63) is 72.3 Å². The van der Waals surface area contributed by atoms with E-state index < -0.39 is 0 Å². The van der Waals surface area contributed by atoms with Crippen LogP contribution < -0.4 is 9.47 Å². The highest BCUT2D eigenvalue weighted by Gasteiger charge is 2.15. The molecule has 2 aromatic heterocycles. The van der Waals surface area contributed by atoms with Crippen LogP contribution in [0.3, 0.4) is 0 Å². The van der Waals surface area contributed by atoms with Crippen molar-refractivity contribution in [1.82, 2.24) is 14.5 Å². The number of benzene rings is 3. The van der Waals surface area contributed by atoms with Gasteiger partial charge in [-0.25, -0.2) is 9.97 Å². The fourth-order valence-corrected chi connectivity index (χ4v) is 3.91. The first-order valence-electron chi connectivity index (χ1n) is 10.7. The molecule has 5 heteroatoms. The minimum absolute atomic E-state index is 0.703. The first-order valence-corrected chi connectivity index (χ1v) is 10.7. The molecule has 0 aliphatic heterocycles. The number of hydrogen-bond acceptors (Lipinski definition) is 4. The second-order valence-electron chi connectivity index (χ2n) is 7.70. The van der Waals surface area contributed by atoms with Crippen molar-refractivity contribution in [2.45, 2.75) is 26.3 Å². The van der Waals surface area contributed by atoms with Crippen molar-refractivity contribution in [2.75, 3.05) is 13.7 Å². The molecule has 0 spiro atoms. The highest BCUT2D eigenvalue weighted by atomic mass is 16.5. The van der Waals surface area contributed by atoms with Crippen LogP contribution in [0.25, 0.3) is 33.1 Å². The average Bonchev–Trinajstić information content (AvgIpc) is 3.10. The van der Waals surface area contributed by atoms with Crippen LogP contribution in [0.15, 0.2) is 66.7 Å². The van der Waals surface area contributed by atoms with E-state index in [0.29, 0.717) is 6.54 Å². The predicted octanol–water partition coefficient (Wildman–Crippen LogP) is 5.97. The van der Waals surface area contributed by atoms with E-state index in [-0.39, 0.29) is 0 Å². The van der Waals surface area contributed by atoms with Crippen LogP contribution in [0, 0.1) is 0 Å². The second kappa shape index (κ2) is 8.26. The summed E-state index contributed by atoms with van der Waals surface area (Å²) < 4.78 is 13.5. The molecule has 0 aliphatic rings. The summed E-state index contributed by atoms with van der Waals surface area (Å²) in [4.78, 5) is 9.91. The molecular formula is C26H25N3O2. The molecule has 5 rings (SSSR count). The summed E-state index contributed by atoms with van der Waals surface area (Å²) in [5, 5.41) is 1.05. The number of hydrogen-bond donors (Lipinski definition) is 0. The number of aromatic nitrogens is 3. The van der Waals surface area contributed by atoms with Crippen molar-refractivity contribution in [3.63, 3.8) is 0 Å². The SMILES string of the molecule is CCCCOc1ccc(Cn2c3ccc(OC)cc3c3nc4ccccc4nc32)cc1. The number of methoxy groups -OCH3 is 1. The van der Waals surface area contributed by atoms with E-state index in [4.69, 9.17) is 19.4 Å². The zero-order valence-corrected chi connectivity index (χ0v) is 17.8. The molecule has 31 heavy (non-hydrogen) atoms. The van der Waals surface area contributed by atoms with Gasteiger partial charge >= 0.3 is 0 Å². The molecule has 5 aromatic rings. The third-order valence-electron chi connectivity index (χ3n) is 5.59. The Bertz CT molecular complexity index is 1360. The van der Waals surface area contributed by atoms with Gasteiger partial charge in [-0.05, 0) is 54.4 Å². The molecule has 0 unspecified atom stereocenters. The third-order valence-corrected chi connectivity index (χ3v) is 5.59. The summed E-state index contributed by atoms with van der Waals surface area (Å²) in [6.07, 6.45) is 2.20. The molecular weight excluding hydrogens is 386 g/mol. The molecule has 0 bridgehead atoms. The molecule has 0 atom stereocenters. The average molecular weight is 412 g/mol. The number of rotatable bonds is 7. The van der Waals surface area contributed by atoms with E-state index in [2.05, 4.69) is 29.7 Å². The maximum Gasteiger partial charge on any atom is 0.160 e. The Morgan fingerprint density at radius 2 is 1.61 bits per heavy atom. The summed E-state index contributed by atoms with van der Waals surface area (Å²) in [6.45, 7) is 3.63. The molecule has 0 saturated heterocycles. The fourth-order valence-electron chi connectivity index (χ4n) is 3.91. The molecule has 156 valence electrons. The van der Waals surface area contributed by atoms with Gasteiger partial charge in [-0.1, -0.05) is 37.6 Å². The minimum Gasteiger partial charge on any atom is -0.497 e. The summed E-state index contributed by atoms with van der Waals surface area (Å²) in [5.74, 6) is 1.73. The molecule has 0 fully saturated rings. The maximum absolute atomic E-state index is 5.81. The summed E-state index contributed by atoms with van der Waals surface area (Å²) in [7, 11) is 1.69. The van der Waals surface area contributed by atoms with Gasteiger partial charge in [0.15, 0.2) is 5.65 Å². The molecule has 0 aliphatic carbocycles. The van der Waals surface area contributed by atoms with Gasteiger partial charge in [0.2, 0.25) is 0 Å². The smallest absolute Gasteiger partial charge is 0.160 e. The normalized spacial score (nSPS) is 11.4. The third kappa shape index (κ3) is 3.67. The Labute approximate surface area is 181 Å². The predicted molar refractivity (Wildman–Crippen MR) is 125 cm³/mol. The fraction of sp³-hybridized carbons (Fsp3) is 0.231. The number of unbranched alkanes of at least 4 members (excludes halogenated alkanes) is 1. The largest absolute Gasteiger partial charge is 0.497 e. The molecule has 0 saturated carbocycles. The first kappa shape index (κ1) is 19.4. The van der Waals surface area contributed by atoms with Gasteiger partial charge in [-0.3, -0.25) is 0 Å². The molecule has 0 N–H and O–H groups in total. The lowest BCUT2D eigenvalue weighted by atomic mass is 10.2. The van der Waals surface area contributed by atoms with E-state index in [9.17, 15) is 0 Å². The lowest BCUT2D eigenvalue weighted by molar-refractivity contribution is 0.309. The van der Waals surface area contributed by atoms with E-state index in [1.165, 1.54) is 5.56 Å². The number of ether oxygens (including phenoxy) is 2. The van der Waals surface area contributed by atoms with Gasteiger partial charge in [0, 0.05) is 11.9 Å². The van der Waals surface area contributed by atoms with E-state index in [1.807, 2.05) is 48.5 Å². The quantitative estimate of drug-likeness (QED) is 0.309. The molecule has 5 nitrogen and oxygen atoms in total. The van der Waals surface area contributed by atoms with Crippen LogP contribution in [-0.4, -0.2) is 28.3 Å². The Morgan fingerprint density at radius 1 is 0.871 bits per heavy atom. The van der Waals surface area contributed by atoms with Crippen LogP contribution in [0.5, 0.6) is 11.5 Å². The van der Waals surface area contributed by atoms with Crippen molar-refractivity contribution in [1.29, 1.82) is 0 Å². The van der Waals surface area contributed by atoms with Crippen LogP contribution in [-0.2, 0) is 6.54 Å². The Hall–Kier alpha value is -3.60. The van der Waals surface area contributed by atoms with Crippen LogP contribution in [0.4, 0.5) is 0 Å². The maximum atomic E-state index is 5.81. The Morgan fingerprint density at radius 3 is 2.35 bits per heavy atom. The van der Waals surface area contributed by atoms with Crippen molar-refractivity contribution in [3.8, 4) is 11.5 Å². The standard InChI is InChI=1S/C26H25N3O2/c1-3-4-15-31-19-11-9-18(10-12-19)17-29-24-14-13-20(30-2)16-21(24)25-26(29)28-23-8-6-5-7-22(23)27-25/h5-14,16H,3-4,15,17H2,1-2H3. The van der Waals surface area contributed by atoms with Crippen LogP contribution >= 0.6 is 0 Å². The van der Waals surface area contributed by atoms with E-state index in [1.54, 1.807) is 7.11 Å². The highest BCUT2D eigenvalue weighted by Crippen LogP contribution is 2.31. The van der Waals surface area contributed by atoms with Crippen molar-refractivity contribution in [2.24, 2.45) is 0 Å². The van der Waals surface area contributed by atoms with Gasteiger partial charge in [0.1, 0.15) is 17.0 Å². The van der Waals surface area contributed by atoms with Gasteiger partial charge in [-0.15, -0.1) is 0 Å². The zero-order chi connectivity index (χ0) is 21.2. The number of fused-ring (bicyclic) bond motifs is 4. The minimum atomic E-state index is 0.703. The van der Waals surface area contributed by atoms with Crippen molar-refractivity contribution >= 4 is 33.1 Å². The second-order valence-corrected chi connectivity index (χ2v) is 7.70. The van der Waals surface area contributed by atoms with Crippen molar-refractivity contribution < 1.29 is 9.47 Å². The van der Waals surface area contributed by atoms with Gasteiger partial charge in [0.05, 0.1) is 30.3 Å². The number of nitrogens with zero attached hydrogens (tertiary/aromatic N) is 3. The summed E-state index contributed by atoms with van der Waals surface area (Å²) in [6, 6.07) is 22.5. The summed E-state index contributed by atoms with van der Waals surface area (Å²) in [5.41, 5.74) is 5.84.